The second-order valence-electron chi connectivity index (χ2n) is 7.50. The molecule has 6 N–H and O–H groups in total. The summed E-state index contributed by atoms with van der Waals surface area (Å²) in [6.07, 6.45) is -2.99. The Morgan fingerprint density at radius 3 is 2.47 bits per heavy atom. The van der Waals surface area contributed by atoms with Crippen molar-refractivity contribution in [1.82, 2.24) is 10.6 Å². The monoisotopic (exact) mass is 423 g/mol. The van der Waals surface area contributed by atoms with E-state index in [2.05, 4.69) is 20.7 Å². The maximum absolute atomic E-state index is 12.4. The first kappa shape index (κ1) is 23.6. The van der Waals surface area contributed by atoms with Gasteiger partial charge in [-0.25, -0.2) is 4.79 Å². The third kappa shape index (κ3) is 6.41. The largest absolute Gasteiger partial charge is 0.469 e. The van der Waals surface area contributed by atoms with E-state index in [1.807, 2.05) is 19.1 Å². The van der Waals surface area contributed by atoms with Crippen LogP contribution in [0.1, 0.15) is 31.2 Å². The van der Waals surface area contributed by atoms with E-state index >= 15 is 0 Å². The van der Waals surface area contributed by atoms with Gasteiger partial charge in [-0.3, -0.25) is 9.59 Å². The zero-order valence-corrected chi connectivity index (χ0v) is 17.1. The maximum atomic E-state index is 12.4. The molecule has 30 heavy (non-hydrogen) atoms. The molecule has 0 bridgehead atoms. The molecule has 3 amide bonds. The molecule has 0 aromatic heterocycles. The zero-order valence-electron chi connectivity index (χ0n) is 17.1. The van der Waals surface area contributed by atoms with Crippen LogP contribution in [-0.2, 0) is 14.3 Å². The summed E-state index contributed by atoms with van der Waals surface area (Å²) in [7, 11) is 1.26. The normalized spacial score (nSPS) is 25.8. The van der Waals surface area contributed by atoms with E-state index in [9.17, 15) is 29.7 Å². The highest BCUT2D eigenvalue weighted by atomic mass is 16.5. The number of amides is 3. The molecule has 2 rings (SSSR count). The van der Waals surface area contributed by atoms with E-state index in [4.69, 9.17) is 0 Å². The Bertz CT molecular complexity index is 755. The van der Waals surface area contributed by atoms with Gasteiger partial charge in [-0.15, -0.1) is 0 Å². The molecule has 1 aliphatic carbocycles. The molecule has 1 aliphatic rings. The van der Waals surface area contributed by atoms with Gasteiger partial charge in [0.05, 0.1) is 19.3 Å². The third-order valence-electron chi connectivity index (χ3n) is 5.03. The molecule has 10 heteroatoms. The van der Waals surface area contributed by atoms with Crippen LogP contribution in [0.4, 0.5) is 10.5 Å². The lowest BCUT2D eigenvalue weighted by Crippen LogP contribution is -2.63. The van der Waals surface area contributed by atoms with Crippen molar-refractivity contribution >= 4 is 23.6 Å². The van der Waals surface area contributed by atoms with Crippen LogP contribution < -0.4 is 16.0 Å². The number of methoxy groups -OCH3 is 1. The molecule has 0 spiro atoms. The first-order valence-corrected chi connectivity index (χ1v) is 9.72. The van der Waals surface area contributed by atoms with Crippen LogP contribution in [0.15, 0.2) is 24.3 Å². The van der Waals surface area contributed by atoms with Gasteiger partial charge in [-0.05, 0) is 25.5 Å². The van der Waals surface area contributed by atoms with Gasteiger partial charge in [-0.1, -0.05) is 17.7 Å². The van der Waals surface area contributed by atoms with Crippen molar-refractivity contribution < 1.29 is 34.4 Å². The lowest BCUT2D eigenvalue weighted by Gasteiger charge is -2.41. The lowest BCUT2D eigenvalue weighted by atomic mass is 9.77. The average Bonchev–Trinajstić information content (AvgIpc) is 2.70. The standard InChI is InChI=1S/C20H29N3O7/c1-12-5-7-13(8-6-12)22-19(28)23-14-10-20(29,11-15(24)17(14)26)18(27)21-9-3-4-16(25)30-2/h5-8,14-15,17,24,26,29H,3-4,9-11H2,1-2H3,(H,21,27)(H2,22,23,28)/t14-,15+,17+,20-/m0/s1. The van der Waals surface area contributed by atoms with Gasteiger partial charge in [0.15, 0.2) is 0 Å². The van der Waals surface area contributed by atoms with Crippen molar-refractivity contribution in [3.63, 3.8) is 0 Å². The Labute approximate surface area is 174 Å². The minimum atomic E-state index is -1.98. The van der Waals surface area contributed by atoms with E-state index in [1.54, 1.807) is 12.1 Å². The first-order chi connectivity index (χ1) is 14.1. The Hall–Kier alpha value is -2.69. The molecule has 0 aliphatic heterocycles. The first-order valence-electron chi connectivity index (χ1n) is 9.72. The minimum absolute atomic E-state index is 0.111. The molecular formula is C20H29N3O7. The SMILES string of the molecule is COC(=O)CCCNC(=O)[C@@]1(O)C[C@@H](O)[C@H](O)[C@@H](NC(=O)Nc2ccc(C)cc2)C1. The summed E-state index contributed by atoms with van der Waals surface area (Å²) in [6, 6.07) is 5.36. The quantitative estimate of drug-likeness (QED) is 0.262. The predicted octanol–water partition coefficient (Wildman–Crippen LogP) is -0.199. The van der Waals surface area contributed by atoms with Crippen LogP contribution >= 0.6 is 0 Å². The molecule has 4 atom stereocenters. The van der Waals surface area contributed by atoms with Gasteiger partial charge in [0.2, 0.25) is 0 Å². The fraction of sp³-hybridized carbons (Fsp3) is 0.550. The second kappa shape index (κ2) is 10.4. The smallest absolute Gasteiger partial charge is 0.319 e. The van der Waals surface area contributed by atoms with Crippen LogP contribution in [0.3, 0.4) is 0 Å². The number of aliphatic hydroxyl groups is 3. The summed E-state index contributed by atoms with van der Waals surface area (Å²) in [6.45, 7) is 2.03. The van der Waals surface area contributed by atoms with Crippen molar-refractivity contribution in [2.45, 2.75) is 56.5 Å². The minimum Gasteiger partial charge on any atom is -0.469 e. The highest BCUT2D eigenvalue weighted by molar-refractivity contribution is 5.90. The van der Waals surface area contributed by atoms with Gasteiger partial charge in [0, 0.05) is 31.5 Å². The van der Waals surface area contributed by atoms with Crippen LogP contribution in [0, 0.1) is 6.92 Å². The number of anilines is 1. The Morgan fingerprint density at radius 2 is 1.83 bits per heavy atom. The van der Waals surface area contributed by atoms with Gasteiger partial charge in [0.25, 0.3) is 5.91 Å². The molecule has 1 saturated carbocycles. The number of carbonyl (C=O) groups excluding carboxylic acids is 3. The molecule has 0 heterocycles. The van der Waals surface area contributed by atoms with Gasteiger partial charge >= 0.3 is 12.0 Å². The van der Waals surface area contributed by atoms with E-state index in [0.717, 1.165) is 5.56 Å². The van der Waals surface area contributed by atoms with Crippen molar-refractivity contribution in [2.75, 3.05) is 19.0 Å². The van der Waals surface area contributed by atoms with E-state index in [-0.39, 0.29) is 25.8 Å². The number of aryl methyl sites for hydroxylation is 1. The molecule has 0 saturated heterocycles. The number of nitrogens with one attached hydrogen (secondary N) is 3. The van der Waals surface area contributed by atoms with Crippen LogP contribution in [0.25, 0.3) is 0 Å². The molecule has 10 nitrogen and oxygen atoms in total. The molecule has 0 radical (unpaired) electrons. The van der Waals surface area contributed by atoms with Crippen molar-refractivity contribution in [3.05, 3.63) is 29.8 Å². The van der Waals surface area contributed by atoms with Crippen LogP contribution in [0.2, 0.25) is 0 Å². The molecule has 0 unspecified atom stereocenters. The summed E-state index contributed by atoms with van der Waals surface area (Å²) in [5.74, 6) is -1.16. The zero-order chi connectivity index (χ0) is 22.3. The summed E-state index contributed by atoms with van der Waals surface area (Å²) >= 11 is 0. The number of esters is 1. The second-order valence-corrected chi connectivity index (χ2v) is 7.50. The number of aliphatic hydroxyl groups excluding tert-OH is 2. The van der Waals surface area contributed by atoms with Crippen molar-refractivity contribution in [2.24, 2.45) is 0 Å². The van der Waals surface area contributed by atoms with Crippen molar-refractivity contribution in [3.8, 4) is 0 Å². The van der Waals surface area contributed by atoms with E-state index < -0.39 is 41.8 Å². The number of benzene rings is 1. The summed E-state index contributed by atoms with van der Waals surface area (Å²) in [5, 5.41) is 38.7. The number of hydrogen-bond donors (Lipinski definition) is 6. The summed E-state index contributed by atoms with van der Waals surface area (Å²) < 4.78 is 4.51. The molecule has 166 valence electrons. The lowest BCUT2D eigenvalue weighted by molar-refractivity contribution is -0.157. The number of ether oxygens (including phenoxy) is 1. The third-order valence-corrected chi connectivity index (χ3v) is 5.03. The van der Waals surface area contributed by atoms with Crippen LogP contribution in [0.5, 0.6) is 0 Å². The Balaban J connectivity index is 1.94. The summed E-state index contributed by atoms with van der Waals surface area (Å²) in [4.78, 5) is 35.8. The molecule has 1 fully saturated rings. The molecular weight excluding hydrogens is 394 g/mol. The molecule has 1 aromatic carbocycles. The number of hydrogen-bond acceptors (Lipinski definition) is 7. The maximum Gasteiger partial charge on any atom is 0.319 e. The highest BCUT2D eigenvalue weighted by Gasteiger charge is 2.49. The predicted molar refractivity (Wildman–Crippen MR) is 108 cm³/mol. The number of rotatable bonds is 7. The van der Waals surface area contributed by atoms with E-state index in [1.165, 1.54) is 7.11 Å². The van der Waals surface area contributed by atoms with Gasteiger partial charge in [0.1, 0.15) is 11.7 Å². The summed E-state index contributed by atoms with van der Waals surface area (Å²) in [5.41, 5.74) is -0.428. The molecule has 1 aromatic rings. The Morgan fingerprint density at radius 1 is 1.17 bits per heavy atom. The fourth-order valence-corrected chi connectivity index (χ4v) is 3.30. The average molecular weight is 423 g/mol. The van der Waals surface area contributed by atoms with E-state index in [0.29, 0.717) is 12.1 Å². The Kier molecular flexibility index (Phi) is 8.16. The number of urea groups is 1. The van der Waals surface area contributed by atoms with Crippen LogP contribution in [-0.4, -0.2) is 70.7 Å². The van der Waals surface area contributed by atoms with Gasteiger partial charge < -0.3 is 36.0 Å². The van der Waals surface area contributed by atoms with Gasteiger partial charge in [-0.2, -0.15) is 0 Å². The van der Waals surface area contributed by atoms with Crippen molar-refractivity contribution in [1.29, 1.82) is 0 Å². The number of carbonyl (C=O) groups is 3. The topological polar surface area (TPSA) is 157 Å². The fourth-order valence-electron chi connectivity index (χ4n) is 3.30. The highest BCUT2D eigenvalue weighted by Crippen LogP contribution is 2.29.